The van der Waals surface area contributed by atoms with Crippen molar-refractivity contribution in [2.75, 3.05) is 0 Å². The van der Waals surface area contributed by atoms with Gasteiger partial charge in [-0.2, -0.15) is 0 Å². The Morgan fingerprint density at radius 3 is 2.08 bits per heavy atom. The second-order valence-corrected chi connectivity index (χ2v) is 3.45. The zero-order valence-corrected chi connectivity index (χ0v) is 8.38. The summed E-state index contributed by atoms with van der Waals surface area (Å²) in [5, 5.41) is 1.50. The average molecular weight is 224 g/mol. The first-order valence-electron chi connectivity index (χ1n) is 3.15. The van der Waals surface area contributed by atoms with Gasteiger partial charge in [-0.3, -0.25) is 0 Å². The second kappa shape index (κ2) is 4.33. The minimum absolute atomic E-state index is 0.287. The molecular formula is C8H6Cl3O. The van der Waals surface area contributed by atoms with Crippen LogP contribution in [0.2, 0.25) is 15.1 Å². The number of halogens is 3. The Morgan fingerprint density at radius 2 is 1.67 bits per heavy atom. The molecule has 0 spiro atoms. The summed E-state index contributed by atoms with van der Waals surface area (Å²) in [6.07, 6.45) is 0. The molecule has 0 saturated heterocycles. The molecule has 0 atom stereocenters. The summed E-state index contributed by atoms with van der Waals surface area (Å²) in [7, 11) is 3.24. The summed E-state index contributed by atoms with van der Waals surface area (Å²) in [6.45, 7) is 0.287. The first-order valence-corrected chi connectivity index (χ1v) is 4.29. The Balaban J connectivity index is 3.10. The highest BCUT2D eigenvalue weighted by Gasteiger charge is 2.06. The van der Waals surface area contributed by atoms with Crippen molar-refractivity contribution in [2.45, 2.75) is 6.61 Å². The molecule has 65 valence electrons. The molecule has 0 aliphatic carbocycles. The summed E-state index contributed by atoms with van der Waals surface area (Å²) in [5.74, 6) is 0. The lowest BCUT2D eigenvalue weighted by molar-refractivity contribution is 0.229. The van der Waals surface area contributed by atoms with Gasteiger partial charge in [0.05, 0.1) is 13.7 Å². The topological polar surface area (TPSA) is 9.23 Å². The van der Waals surface area contributed by atoms with Crippen molar-refractivity contribution in [3.63, 3.8) is 0 Å². The van der Waals surface area contributed by atoms with Crippen LogP contribution in [0.15, 0.2) is 12.1 Å². The first-order chi connectivity index (χ1) is 5.65. The van der Waals surface area contributed by atoms with Crippen molar-refractivity contribution < 1.29 is 4.74 Å². The highest BCUT2D eigenvalue weighted by Crippen LogP contribution is 2.29. The molecule has 0 aliphatic rings. The Bertz CT molecular complexity index is 263. The molecule has 0 unspecified atom stereocenters. The molecule has 0 aromatic heterocycles. The molecule has 0 aliphatic heterocycles. The predicted octanol–water partition coefficient (Wildman–Crippen LogP) is 3.95. The van der Waals surface area contributed by atoms with E-state index in [1.165, 1.54) is 0 Å². The zero-order valence-electron chi connectivity index (χ0n) is 6.11. The summed E-state index contributed by atoms with van der Waals surface area (Å²) in [4.78, 5) is 0. The molecule has 1 radical (unpaired) electrons. The maximum absolute atomic E-state index is 5.84. The highest BCUT2D eigenvalue weighted by atomic mass is 35.5. The lowest BCUT2D eigenvalue weighted by Gasteiger charge is -2.05. The van der Waals surface area contributed by atoms with Gasteiger partial charge in [-0.15, -0.1) is 0 Å². The van der Waals surface area contributed by atoms with Crippen LogP contribution in [0.5, 0.6) is 0 Å². The Morgan fingerprint density at radius 1 is 1.17 bits per heavy atom. The Hall–Kier alpha value is 0.0500. The molecule has 0 saturated carbocycles. The van der Waals surface area contributed by atoms with Crippen LogP contribution in [0.4, 0.5) is 0 Å². The molecule has 4 heteroatoms. The van der Waals surface area contributed by atoms with Gasteiger partial charge in [0.15, 0.2) is 0 Å². The molecule has 0 N–H and O–H groups in total. The van der Waals surface area contributed by atoms with Crippen LogP contribution in [-0.4, -0.2) is 0 Å². The summed E-state index contributed by atoms with van der Waals surface area (Å²) < 4.78 is 4.67. The SMILES string of the molecule is [CH2]OCc1c(Cl)cc(Cl)cc1Cl. The van der Waals surface area contributed by atoms with E-state index < -0.39 is 0 Å². The molecule has 0 fully saturated rings. The van der Waals surface area contributed by atoms with Gasteiger partial charge in [0, 0.05) is 20.6 Å². The minimum atomic E-state index is 0.287. The number of ether oxygens (including phenoxy) is 1. The molecule has 0 heterocycles. The quantitative estimate of drug-likeness (QED) is 0.739. The third-order valence-electron chi connectivity index (χ3n) is 1.35. The lowest BCUT2D eigenvalue weighted by Crippen LogP contribution is -1.89. The van der Waals surface area contributed by atoms with Crippen molar-refractivity contribution in [3.8, 4) is 0 Å². The van der Waals surface area contributed by atoms with Gasteiger partial charge in [-0.1, -0.05) is 34.8 Å². The molecular weight excluding hydrogens is 218 g/mol. The average Bonchev–Trinajstić information content (AvgIpc) is 1.96. The summed E-state index contributed by atoms with van der Waals surface area (Å²) in [5.41, 5.74) is 0.706. The third kappa shape index (κ3) is 2.27. The van der Waals surface area contributed by atoms with Gasteiger partial charge in [-0.25, -0.2) is 0 Å². The van der Waals surface area contributed by atoms with Crippen LogP contribution < -0.4 is 0 Å². The van der Waals surface area contributed by atoms with Crippen LogP contribution in [0, 0.1) is 7.11 Å². The fourth-order valence-electron chi connectivity index (χ4n) is 0.812. The molecule has 1 aromatic rings. The number of hydrogen-bond donors (Lipinski definition) is 0. The maximum Gasteiger partial charge on any atom is 0.0747 e. The van der Waals surface area contributed by atoms with E-state index in [0.717, 1.165) is 0 Å². The van der Waals surface area contributed by atoms with Crippen molar-refractivity contribution in [1.29, 1.82) is 0 Å². The van der Waals surface area contributed by atoms with E-state index in [-0.39, 0.29) is 6.61 Å². The first kappa shape index (κ1) is 10.1. The maximum atomic E-state index is 5.84. The molecule has 1 nitrogen and oxygen atoms in total. The van der Waals surface area contributed by atoms with Crippen molar-refractivity contribution in [1.82, 2.24) is 0 Å². The molecule has 1 aromatic carbocycles. The van der Waals surface area contributed by atoms with Crippen LogP contribution >= 0.6 is 34.8 Å². The van der Waals surface area contributed by atoms with Crippen molar-refractivity contribution in [2.24, 2.45) is 0 Å². The van der Waals surface area contributed by atoms with Crippen LogP contribution in [0.1, 0.15) is 5.56 Å². The van der Waals surface area contributed by atoms with Gasteiger partial charge in [0.2, 0.25) is 0 Å². The van der Waals surface area contributed by atoms with E-state index in [1.807, 2.05) is 0 Å². The van der Waals surface area contributed by atoms with E-state index >= 15 is 0 Å². The molecule has 0 bridgehead atoms. The summed E-state index contributed by atoms with van der Waals surface area (Å²) >= 11 is 17.4. The fraction of sp³-hybridized carbons (Fsp3) is 0.125. The van der Waals surface area contributed by atoms with Gasteiger partial charge in [0.1, 0.15) is 0 Å². The van der Waals surface area contributed by atoms with Gasteiger partial charge in [-0.05, 0) is 12.1 Å². The van der Waals surface area contributed by atoms with Crippen LogP contribution in [-0.2, 0) is 11.3 Å². The Kier molecular flexibility index (Phi) is 3.66. The number of hydrogen-bond acceptors (Lipinski definition) is 1. The fourth-order valence-corrected chi connectivity index (χ4v) is 1.74. The second-order valence-electron chi connectivity index (χ2n) is 2.20. The van der Waals surface area contributed by atoms with Gasteiger partial charge in [0.25, 0.3) is 0 Å². The lowest BCUT2D eigenvalue weighted by atomic mass is 10.2. The van der Waals surface area contributed by atoms with E-state index in [9.17, 15) is 0 Å². The minimum Gasteiger partial charge on any atom is -0.374 e. The number of rotatable bonds is 2. The van der Waals surface area contributed by atoms with E-state index in [4.69, 9.17) is 34.8 Å². The third-order valence-corrected chi connectivity index (χ3v) is 2.24. The summed E-state index contributed by atoms with van der Waals surface area (Å²) in [6, 6.07) is 3.23. The largest absolute Gasteiger partial charge is 0.374 e. The van der Waals surface area contributed by atoms with Crippen LogP contribution in [0.25, 0.3) is 0 Å². The Labute approximate surface area is 86.2 Å². The van der Waals surface area contributed by atoms with E-state index in [2.05, 4.69) is 11.8 Å². The zero-order chi connectivity index (χ0) is 9.14. The van der Waals surface area contributed by atoms with E-state index in [0.29, 0.717) is 20.6 Å². The monoisotopic (exact) mass is 223 g/mol. The normalized spacial score (nSPS) is 10.3. The van der Waals surface area contributed by atoms with Crippen molar-refractivity contribution >= 4 is 34.8 Å². The predicted molar refractivity (Wildman–Crippen MR) is 51.6 cm³/mol. The molecule has 12 heavy (non-hydrogen) atoms. The van der Waals surface area contributed by atoms with Crippen LogP contribution in [0.3, 0.4) is 0 Å². The molecule has 0 amide bonds. The standard InChI is InChI=1S/C8H6Cl3O/c1-12-4-6-7(10)2-5(9)3-8(6)11/h2-3H,1,4H2. The van der Waals surface area contributed by atoms with Crippen molar-refractivity contribution in [3.05, 3.63) is 39.9 Å². The van der Waals surface area contributed by atoms with Gasteiger partial charge < -0.3 is 4.74 Å². The smallest absolute Gasteiger partial charge is 0.0747 e. The molecule has 1 rings (SSSR count). The highest BCUT2D eigenvalue weighted by molar-refractivity contribution is 6.39. The van der Waals surface area contributed by atoms with E-state index in [1.54, 1.807) is 12.1 Å². The number of benzene rings is 1. The van der Waals surface area contributed by atoms with Gasteiger partial charge >= 0.3 is 0 Å².